The summed E-state index contributed by atoms with van der Waals surface area (Å²) < 4.78 is 1.53. The van der Waals surface area contributed by atoms with E-state index in [9.17, 15) is 4.79 Å². The summed E-state index contributed by atoms with van der Waals surface area (Å²) in [6, 6.07) is 8.63. The Morgan fingerprint density at radius 3 is 2.96 bits per heavy atom. The van der Waals surface area contributed by atoms with Gasteiger partial charge < -0.3 is 5.32 Å². The normalized spacial score (nSPS) is 26.7. The Balaban J connectivity index is 1.71. The van der Waals surface area contributed by atoms with E-state index in [0.29, 0.717) is 22.6 Å². The van der Waals surface area contributed by atoms with Crippen LogP contribution in [-0.2, 0) is 12.6 Å². The van der Waals surface area contributed by atoms with E-state index in [2.05, 4.69) is 41.6 Å². The smallest absolute Gasteiger partial charge is 0.256 e. The zero-order valence-electron chi connectivity index (χ0n) is 14.8. The molecular weight excluding hydrogens is 334 g/mol. The molecule has 2 aliphatic rings. The topological polar surface area (TPSA) is 46.9 Å². The van der Waals surface area contributed by atoms with Gasteiger partial charge in [0.25, 0.3) is 5.91 Å². The van der Waals surface area contributed by atoms with Crippen LogP contribution in [0.5, 0.6) is 0 Å². The predicted octanol–water partition coefficient (Wildman–Crippen LogP) is 4.40. The standard InChI is InChI=1S/C20H24ClN3O/c1-3-4-8-16-14-10-11-20(16,17-9-6-5-7-13(14)17)23-19(25)15-12-22-24(2)18(15)21/h5-7,9,12,14,16H,3-4,8,10-11H2,1-2H3,(H,23,25). The highest BCUT2D eigenvalue weighted by Gasteiger charge is 2.57. The molecule has 0 saturated heterocycles. The molecular formula is C20H24ClN3O. The summed E-state index contributed by atoms with van der Waals surface area (Å²) in [6.07, 6.45) is 7.23. The zero-order valence-corrected chi connectivity index (χ0v) is 15.5. The van der Waals surface area contributed by atoms with Gasteiger partial charge in [0, 0.05) is 7.05 Å². The molecule has 4 nitrogen and oxygen atoms in total. The molecule has 1 N–H and O–H groups in total. The van der Waals surface area contributed by atoms with Crippen molar-refractivity contribution in [3.05, 3.63) is 52.3 Å². The highest BCUT2D eigenvalue weighted by Crippen LogP contribution is 2.61. The van der Waals surface area contributed by atoms with Crippen molar-refractivity contribution in [2.24, 2.45) is 13.0 Å². The summed E-state index contributed by atoms with van der Waals surface area (Å²) in [5.74, 6) is 0.925. The van der Waals surface area contributed by atoms with Crippen molar-refractivity contribution in [1.82, 2.24) is 15.1 Å². The van der Waals surface area contributed by atoms with Crippen LogP contribution in [0.25, 0.3) is 0 Å². The quantitative estimate of drug-likeness (QED) is 0.862. The molecule has 3 unspecified atom stereocenters. The minimum atomic E-state index is -0.257. The van der Waals surface area contributed by atoms with Gasteiger partial charge in [0.2, 0.25) is 0 Å². The SMILES string of the molecule is CCCCC1C2CCC1(NC(=O)c1cnn(C)c1Cl)c1ccccc12. The number of unbranched alkanes of at least 4 members (excludes halogenated alkanes) is 1. The van der Waals surface area contributed by atoms with E-state index in [4.69, 9.17) is 11.6 Å². The highest BCUT2D eigenvalue weighted by molar-refractivity contribution is 6.32. The van der Waals surface area contributed by atoms with Gasteiger partial charge in [-0.2, -0.15) is 5.10 Å². The number of benzene rings is 1. The zero-order chi connectivity index (χ0) is 17.6. The van der Waals surface area contributed by atoms with Gasteiger partial charge in [-0.3, -0.25) is 9.48 Å². The first-order valence-corrected chi connectivity index (χ1v) is 9.55. The lowest BCUT2D eigenvalue weighted by molar-refractivity contribution is 0.0868. The van der Waals surface area contributed by atoms with Gasteiger partial charge in [0.15, 0.2) is 0 Å². The Morgan fingerprint density at radius 1 is 1.44 bits per heavy atom. The third-order valence-electron chi connectivity index (χ3n) is 6.13. The molecule has 132 valence electrons. The van der Waals surface area contributed by atoms with E-state index in [1.54, 1.807) is 13.2 Å². The lowest BCUT2D eigenvalue weighted by Crippen LogP contribution is -2.47. The minimum absolute atomic E-state index is 0.114. The average molecular weight is 358 g/mol. The van der Waals surface area contributed by atoms with Crippen LogP contribution in [0, 0.1) is 5.92 Å². The van der Waals surface area contributed by atoms with Crippen LogP contribution >= 0.6 is 11.6 Å². The summed E-state index contributed by atoms with van der Waals surface area (Å²) in [5, 5.41) is 7.89. The van der Waals surface area contributed by atoms with E-state index < -0.39 is 0 Å². The fraction of sp³-hybridized carbons (Fsp3) is 0.500. The molecule has 1 aromatic heterocycles. The third-order valence-corrected chi connectivity index (χ3v) is 6.57. The van der Waals surface area contributed by atoms with E-state index in [1.165, 1.54) is 28.7 Å². The summed E-state index contributed by atoms with van der Waals surface area (Å²) in [4.78, 5) is 13.0. The number of carbonyl (C=O) groups is 1. The molecule has 2 bridgehead atoms. The highest BCUT2D eigenvalue weighted by atomic mass is 35.5. The maximum absolute atomic E-state index is 13.0. The molecule has 0 spiro atoms. The second-order valence-electron chi connectivity index (χ2n) is 7.38. The van der Waals surface area contributed by atoms with Crippen LogP contribution in [0.3, 0.4) is 0 Å². The van der Waals surface area contributed by atoms with Gasteiger partial charge in [-0.05, 0) is 42.2 Å². The monoisotopic (exact) mass is 357 g/mol. The number of hydrogen-bond donors (Lipinski definition) is 1. The molecule has 1 saturated carbocycles. The number of halogens is 1. The van der Waals surface area contributed by atoms with Crippen molar-refractivity contribution in [2.75, 3.05) is 0 Å². The van der Waals surface area contributed by atoms with Crippen molar-refractivity contribution in [2.45, 2.75) is 50.5 Å². The van der Waals surface area contributed by atoms with Crippen LogP contribution < -0.4 is 5.32 Å². The van der Waals surface area contributed by atoms with Crippen LogP contribution in [0.4, 0.5) is 0 Å². The van der Waals surface area contributed by atoms with Gasteiger partial charge >= 0.3 is 0 Å². The number of amides is 1. The van der Waals surface area contributed by atoms with Crippen LogP contribution in [-0.4, -0.2) is 15.7 Å². The third kappa shape index (κ3) is 2.42. The summed E-state index contributed by atoms with van der Waals surface area (Å²) in [5.41, 5.74) is 2.93. The number of rotatable bonds is 5. The van der Waals surface area contributed by atoms with Gasteiger partial charge in [-0.25, -0.2) is 0 Å². The second-order valence-corrected chi connectivity index (χ2v) is 7.74. The van der Waals surface area contributed by atoms with Gasteiger partial charge in [-0.1, -0.05) is 55.6 Å². The molecule has 0 aliphatic heterocycles. The molecule has 0 radical (unpaired) electrons. The maximum Gasteiger partial charge on any atom is 0.256 e. The first kappa shape index (κ1) is 16.6. The van der Waals surface area contributed by atoms with Crippen LogP contribution in [0.15, 0.2) is 30.5 Å². The fourth-order valence-corrected chi connectivity index (χ4v) is 5.16. The van der Waals surface area contributed by atoms with Crippen molar-refractivity contribution in [3.63, 3.8) is 0 Å². The number of nitrogens with one attached hydrogen (secondary N) is 1. The summed E-state index contributed by atoms with van der Waals surface area (Å²) in [6.45, 7) is 2.23. The molecule has 1 aromatic carbocycles. The van der Waals surface area contributed by atoms with E-state index in [-0.39, 0.29) is 11.4 Å². The Bertz CT molecular complexity index is 815. The first-order valence-electron chi connectivity index (χ1n) is 9.18. The predicted molar refractivity (Wildman–Crippen MR) is 98.8 cm³/mol. The summed E-state index contributed by atoms with van der Waals surface area (Å²) >= 11 is 6.25. The van der Waals surface area contributed by atoms with Crippen molar-refractivity contribution in [3.8, 4) is 0 Å². The number of aryl methyl sites for hydroxylation is 1. The van der Waals surface area contributed by atoms with E-state index in [1.807, 2.05) is 0 Å². The van der Waals surface area contributed by atoms with Crippen LogP contribution in [0.2, 0.25) is 5.15 Å². The Morgan fingerprint density at radius 2 is 2.24 bits per heavy atom. The molecule has 3 atom stereocenters. The lowest BCUT2D eigenvalue weighted by atomic mass is 9.81. The van der Waals surface area contributed by atoms with Gasteiger partial charge in [0.1, 0.15) is 5.15 Å². The number of nitrogens with zero attached hydrogens (tertiary/aromatic N) is 2. The molecule has 5 heteroatoms. The van der Waals surface area contributed by atoms with Gasteiger partial charge in [0.05, 0.1) is 17.3 Å². The largest absolute Gasteiger partial charge is 0.342 e. The molecule has 1 heterocycles. The summed E-state index contributed by atoms with van der Waals surface area (Å²) in [7, 11) is 1.75. The number of fused-ring (bicyclic) bond motifs is 5. The Kier molecular flexibility index (Phi) is 4.11. The molecule has 1 fully saturated rings. The average Bonchev–Trinajstić information content (AvgIpc) is 3.22. The lowest BCUT2D eigenvalue weighted by Gasteiger charge is -2.34. The van der Waals surface area contributed by atoms with E-state index >= 15 is 0 Å². The molecule has 1 amide bonds. The van der Waals surface area contributed by atoms with Crippen molar-refractivity contribution < 1.29 is 4.79 Å². The molecule has 25 heavy (non-hydrogen) atoms. The maximum atomic E-state index is 13.0. The molecule has 2 aliphatic carbocycles. The molecule has 4 rings (SSSR count). The number of aromatic nitrogens is 2. The Labute approximate surface area is 153 Å². The first-order chi connectivity index (χ1) is 12.1. The van der Waals surface area contributed by atoms with Crippen molar-refractivity contribution in [1.29, 1.82) is 0 Å². The van der Waals surface area contributed by atoms with Crippen LogP contribution in [0.1, 0.15) is 66.4 Å². The van der Waals surface area contributed by atoms with Gasteiger partial charge in [-0.15, -0.1) is 0 Å². The minimum Gasteiger partial charge on any atom is -0.342 e. The molecule has 2 aromatic rings. The van der Waals surface area contributed by atoms with Crippen molar-refractivity contribution >= 4 is 17.5 Å². The van der Waals surface area contributed by atoms with E-state index in [0.717, 1.165) is 19.3 Å². The second kappa shape index (κ2) is 6.17. The fourth-order valence-electron chi connectivity index (χ4n) is 4.99. The number of carbonyl (C=O) groups excluding carboxylic acids is 1. The number of hydrogen-bond acceptors (Lipinski definition) is 2. The Hall–Kier alpha value is -1.81.